The van der Waals surface area contributed by atoms with Gasteiger partial charge in [-0.2, -0.15) is 0 Å². The van der Waals surface area contributed by atoms with Crippen molar-refractivity contribution in [1.82, 2.24) is 0 Å². The maximum Gasteiger partial charge on any atom is 0.123 e. The van der Waals surface area contributed by atoms with Crippen molar-refractivity contribution in [1.29, 1.82) is 0 Å². The van der Waals surface area contributed by atoms with Crippen molar-refractivity contribution in [2.75, 3.05) is 6.61 Å². The van der Waals surface area contributed by atoms with Gasteiger partial charge in [0, 0.05) is 15.4 Å². The van der Waals surface area contributed by atoms with E-state index in [4.69, 9.17) is 4.74 Å². The monoisotopic (exact) mass is 404 g/mol. The molecule has 0 bridgehead atoms. The predicted octanol–water partition coefficient (Wildman–Crippen LogP) is 6.86. The number of halogens is 2. The number of unbranched alkanes of at least 4 members (excludes halogenated alkanes) is 7. The second-order valence-corrected chi connectivity index (χ2v) is 6.69. The summed E-state index contributed by atoms with van der Waals surface area (Å²) in [7, 11) is 0. The van der Waals surface area contributed by atoms with Gasteiger partial charge in [-0.05, 0) is 24.6 Å². The van der Waals surface area contributed by atoms with Crippen LogP contribution in [0.5, 0.6) is 5.75 Å². The summed E-state index contributed by atoms with van der Waals surface area (Å²) in [6.07, 6.45) is 10.7. The first-order valence-electron chi connectivity index (χ1n) is 7.75. The second kappa shape index (κ2) is 11.6. The average molecular weight is 406 g/mol. The lowest BCUT2D eigenvalue weighted by atomic mass is 10.1. The maximum absolute atomic E-state index is 5.88. The van der Waals surface area contributed by atoms with Crippen LogP contribution < -0.4 is 4.74 Å². The first-order chi connectivity index (χ1) is 9.77. The van der Waals surface area contributed by atoms with Gasteiger partial charge in [-0.1, -0.05) is 83.7 Å². The lowest BCUT2D eigenvalue weighted by Gasteiger charge is -2.10. The minimum Gasteiger partial charge on any atom is -0.493 e. The Balaban J connectivity index is 2.09. The Morgan fingerprint density at radius 1 is 0.950 bits per heavy atom. The molecule has 3 heteroatoms. The van der Waals surface area contributed by atoms with Crippen LogP contribution in [0.25, 0.3) is 0 Å². The lowest BCUT2D eigenvalue weighted by Crippen LogP contribution is -1.99. The quantitative estimate of drug-likeness (QED) is 0.288. The van der Waals surface area contributed by atoms with Gasteiger partial charge < -0.3 is 4.74 Å². The molecule has 0 fully saturated rings. The number of alkyl halides is 1. The summed E-state index contributed by atoms with van der Waals surface area (Å²) in [5, 5.41) is 0.833. The molecule has 0 saturated heterocycles. The van der Waals surface area contributed by atoms with Crippen molar-refractivity contribution < 1.29 is 4.74 Å². The minimum absolute atomic E-state index is 0.830. The van der Waals surface area contributed by atoms with Crippen LogP contribution in [-0.4, -0.2) is 6.61 Å². The molecule has 0 aliphatic carbocycles. The maximum atomic E-state index is 5.88. The SMILES string of the molecule is CCCCCCCCCCOc1ccc(Br)cc1CBr. The van der Waals surface area contributed by atoms with E-state index in [-0.39, 0.29) is 0 Å². The highest BCUT2D eigenvalue weighted by molar-refractivity contribution is 9.10. The summed E-state index contributed by atoms with van der Waals surface area (Å²) in [6.45, 7) is 3.09. The molecule has 0 heterocycles. The highest BCUT2D eigenvalue weighted by Gasteiger charge is 2.03. The van der Waals surface area contributed by atoms with Crippen molar-refractivity contribution >= 4 is 31.9 Å². The van der Waals surface area contributed by atoms with Crippen molar-refractivity contribution in [2.45, 2.75) is 63.6 Å². The van der Waals surface area contributed by atoms with E-state index in [1.54, 1.807) is 0 Å². The van der Waals surface area contributed by atoms with Crippen LogP contribution in [0.3, 0.4) is 0 Å². The molecule has 0 atom stereocenters. The molecule has 114 valence electrons. The van der Waals surface area contributed by atoms with Crippen molar-refractivity contribution in [3.63, 3.8) is 0 Å². The zero-order chi connectivity index (χ0) is 14.6. The molecule has 20 heavy (non-hydrogen) atoms. The van der Waals surface area contributed by atoms with Crippen molar-refractivity contribution in [2.24, 2.45) is 0 Å². The Bertz CT molecular complexity index is 366. The molecule has 1 aromatic rings. The fraction of sp³-hybridized carbons (Fsp3) is 0.647. The van der Waals surface area contributed by atoms with Gasteiger partial charge in [-0.15, -0.1) is 0 Å². The molecule has 0 radical (unpaired) electrons. The van der Waals surface area contributed by atoms with Crippen LogP contribution in [0.15, 0.2) is 22.7 Å². The Hall–Kier alpha value is -0.0200. The highest BCUT2D eigenvalue weighted by atomic mass is 79.9. The number of hydrogen-bond acceptors (Lipinski definition) is 1. The van der Waals surface area contributed by atoms with Crippen molar-refractivity contribution in [3.8, 4) is 5.75 Å². The smallest absolute Gasteiger partial charge is 0.123 e. The third kappa shape index (κ3) is 7.68. The molecule has 0 unspecified atom stereocenters. The molecule has 1 rings (SSSR count). The number of benzene rings is 1. The Kier molecular flexibility index (Phi) is 10.5. The molecule has 1 aromatic carbocycles. The highest BCUT2D eigenvalue weighted by Crippen LogP contribution is 2.25. The molecule has 0 spiro atoms. The van der Waals surface area contributed by atoms with E-state index in [2.05, 4.69) is 44.8 Å². The molecule has 0 aliphatic rings. The topological polar surface area (TPSA) is 9.23 Å². The fourth-order valence-corrected chi connectivity index (χ4v) is 3.06. The standard InChI is InChI=1S/C17H26Br2O/c1-2-3-4-5-6-7-8-9-12-20-17-11-10-16(19)13-15(17)14-18/h10-11,13H,2-9,12,14H2,1H3. The largest absolute Gasteiger partial charge is 0.493 e. The molecule has 0 aromatic heterocycles. The van der Waals surface area contributed by atoms with Crippen LogP contribution in [0.2, 0.25) is 0 Å². The van der Waals surface area contributed by atoms with Gasteiger partial charge in [-0.3, -0.25) is 0 Å². The third-order valence-electron chi connectivity index (χ3n) is 3.42. The van der Waals surface area contributed by atoms with Gasteiger partial charge in [-0.25, -0.2) is 0 Å². The van der Waals surface area contributed by atoms with E-state index in [1.807, 2.05) is 12.1 Å². The van der Waals surface area contributed by atoms with Crippen molar-refractivity contribution in [3.05, 3.63) is 28.2 Å². The number of hydrogen-bond donors (Lipinski definition) is 0. The van der Waals surface area contributed by atoms with E-state index < -0.39 is 0 Å². The van der Waals surface area contributed by atoms with Crippen LogP contribution in [0, 0.1) is 0 Å². The van der Waals surface area contributed by atoms with Crippen LogP contribution in [0.1, 0.15) is 63.9 Å². The normalized spacial score (nSPS) is 10.8. The zero-order valence-electron chi connectivity index (χ0n) is 12.5. The van der Waals surface area contributed by atoms with Gasteiger partial charge in [0.15, 0.2) is 0 Å². The van der Waals surface area contributed by atoms with Crippen LogP contribution in [-0.2, 0) is 5.33 Å². The first kappa shape index (κ1) is 18.0. The molecule has 0 saturated carbocycles. The van der Waals surface area contributed by atoms with Gasteiger partial charge in [0.05, 0.1) is 6.61 Å². The van der Waals surface area contributed by atoms with Gasteiger partial charge in [0.25, 0.3) is 0 Å². The van der Waals surface area contributed by atoms with E-state index in [0.29, 0.717) is 0 Å². The molecule has 0 N–H and O–H groups in total. The number of rotatable bonds is 11. The summed E-state index contributed by atoms with van der Waals surface area (Å²) < 4.78 is 6.98. The Labute approximate surface area is 140 Å². The summed E-state index contributed by atoms with van der Waals surface area (Å²) in [6, 6.07) is 6.19. The molecule has 1 nitrogen and oxygen atoms in total. The average Bonchev–Trinajstić information content (AvgIpc) is 2.46. The second-order valence-electron chi connectivity index (χ2n) is 5.21. The van der Waals surface area contributed by atoms with E-state index >= 15 is 0 Å². The third-order valence-corrected chi connectivity index (χ3v) is 4.52. The summed E-state index contributed by atoms with van der Waals surface area (Å²) >= 11 is 6.99. The van der Waals surface area contributed by atoms with Gasteiger partial charge >= 0.3 is 0 Å². The van der Waals surface area contributed by atoms with E-state index in [9.17, 15) is 0 Å². The fourth-order valence-electron chi connectivity index (χ4n) is 2.21. The molecule has 0 amide bonds. The zero-order valence-corrected chi connectivity index (χ0v) is 15.6. The Morgan fingerprint density at radius 2 is 1.60 bits per heavy atom. The summed E-state index contributed by atoms with van der Waals surface area (Å²) in [4.78, 5) is 0. The molecule has 0 aliphatic heterocycles. The lowest BCUT2D eigenvalue weighted by molar-refractivity contribution is 0.302. The van der Waals surface area contributed by atoms with Gasteiger partial charge in [0.2, 0.25) is 0 Å². The molecular weight excluding hydrogens is 380 g/mol. The van der Waals surface area contributed by atoms with Crippen LogP contribution in [0.4, 0.5) is 0 Å². The van der Waals surface area contributed by atoms with E-state index in [0.717, 1.165) is 28.6 Å². The Morgan fingerprint density at radius 3 is 2.25 bits per heavy atom. The van der Waals surface area contributed by atoms with E-state index in [1.165, 1.54) is 50.5 Å². The first-order valence-corrected chi connectivity index (χ1v) is 9.66. The molecular formula is C17H26Br2O. The summed E-state index contributed by atoms with van der Waals surface area (Å²) in [5.41, 5.74) is 1.21. The van der Waals surface area contributed by atoms with Gasteiger partial charge in [0.1, 0.15) is 5.75 Å². The summed E-state index contributed by atoms with van der Waals surface area (Å²) in [5.74, 6) is 1.01. The predicted molar refractivity (Wildman–Crippen MR) is 94.9 cm³/mol. The minimum atomic E-state index is 0.830. The number of ether oxygens (including phenoxy) is 1. The van der Waals surface area contributed by atoms with Crippen LogP contribution >= 0.6 is 31.9 Å².